The fourth-order valence-corrected chi connectivity index (χ4v) is 4.10. The van der Waals surface area contributed by atoms with Gasteiger partial charge in [-0.25, -0.2) is 4.79 Å². The van der Waals surface area contributed by atoms with Gasteiger partial charge in [-0.3, -0.25) is 4.79 Å². The molecule has 1 aromatic rings. The summed E-state index contributed by atoms with van der Waals surface area (Å²) in [6.07, 6.45) is 1.69. The normalized spacial score (nSPS) is 18.3. The van der Waals surface area contributed by atoms with Crippen molar-refractivity contribution < 1.29 is 33.7 Å². The van der Waals surface area contributed by atoms with Crippen LogP contribution in [0.15, 0.2) is 18.2 Å². The number of likely N-dealkylation sites (tertiary alicyclic amines) is 1. The van der Waals surface area contributed by atoms with Gasteiger partial charge >= 0.3 is 6.09 Å². The van der Waals surface area contributed by atoms with Crippen LogP contribution in [-0.4, -0.2) is 85.3 Å². The Balaban J connectivity index is 2.24. The highest BCUT2D eigenvalue weighted by Gasteiger charge is 2.37. The maximum atomic E-state index is 13.5. The number of hydrogen-bond acceptors (Lipinski definition) is 6. The molecule has 0 aliphatic carbocycles. The van der Waals surface area contributed by atoms with Crippen LogP contribution in [0.1, 0.15) is 49.9 Å². The molecule has 2 rings (SSSR count). The summed E-state index contributed by atoms with van der Waals surface area (Å²) in [4.78, 5) is 39.2. The van der Waals surface area contributed by atoms with E-state index in [-0.39, 0.29) is 37.0 Å². The monoisotopic (exact) mass is 450 g/mol. The second kappa shape index (κ2) is 12.3. The smallest absolute Gasteiger partial charge is 0.407 e. The second-order valence-electron chi connectivity index (χ2n) is 8.09. The molecular weight excluding hydrogens is 416 g/mol. The van der Waals surface area contributed by atoms with Crippen molar-refractivity contribution in [3.63, 3.8) is 0 Å². The number of piperidine rings is 1. The van der Waals surface area contributed by atoms with Gasteiger partial charge in [0.15, 0.2) is 11.5 Å². The predicted molar refractivity (Wildman–Crippen MR) is 119 cm³/mol. The number of ether oxygens (including phenoxy) is 3. The second-order valence-corrected chi connectivity index (χ2v) is 8.09. The van der Waals surface area contributed by atoms with Gasteiger partial charge in [-0.15, -0.1) is 0 Å². The van der Waals surface area contributed by atoms with E-state index >= 15 is 0 Å². The van der Waals surface area contributed by atoms with Crippen LogP contribution in [0.5, 0.6) is 11.5 Å². The molecule has 32 heavy (non-hydrogen) atoms. The van der Waals surface area contributed by atoms with Gasteiger partial charge in [-0.2, -0.15) is 0 Å². The Morgan fingerprint density at radius 3 is 2.56 bits per heavy atom. The van der Waals surface area contributed by atoms with E-state index in [1.54, 1.807) is 30.2 Å². The highest BCUT2D eigenvalue weighted by molar-refractivity contribution is 5.95. The van der Waals surface area contributed by atoms with Crippen molar-refractivity contribution in [3.8, 4) is 11.5 Å². The number of benzene rings is 1. The summed E-state index contributed by atoms with van der Waals surface area (Å²) in [6, 6.07) is 4.27. The Labute approximate surface area is 189 Å². The predicted octanol–water partition coefficient (Wildman–Crippen LogP) is 3.06. The maximum absolute atomic E-state index is 13.5. The van der Waals surface area contributed by atoms with Crippen molar-refractivity contribution in [2.45, 2.75) is 57.7 Å². The Morgan fingerprint density at radius 1 is 1.22 bits per heavy atom. The third kappa shape index (κ3) is 6.35. The maximum Gasteiger partial charge on any atom is 0.407 e. The lowest BCUT2D eigenvalue weighted by atomic mass is 9.94. The largest absolute Gasteiger partial charge is 0.493 e. The van der Waals surface area contributed by atoms with E-state index in [4.69, 9.17) is 14.2 Å². The topological polar surface area (TPSA) is 106 Å². The van der Waals surface area contributed by atoms with Crippen molar-refractivity contribution in [3.05, 3.63) is 23.8 Å². The van der Waals surface area contributed by atoms with Gasteiger partial charge in [0.2, 0.25) is 0 Å². The molecule has 2 amide bonds. The zero-order valence-electron chi connectivity index (χ0n) is 19.3. The highest BCUT2D eigenvalue weighted by atomic mass is 16.5. The van der Waals surface area contributed by atoms with Gasteiger partial charge in [0.25, 0.3) is 5.91 Å². The average molecular weight is 451 g/mol. The molecule has 0 spiro atoms. The summed E-state index contributed by atoms with van der Waals surface area (Å²) in [5.41, 5.74) is 0.443. The Morgan fingerprint density at radius 2 is 1.97 bits per heavy atom. The first-order valence-electron chi connectivity index (χ1n) is 10.9. The molecule has 178 valence electrons. The third-order valence-electron chi connectivity index (χ3n) is 5.64. The van der Waals surface area contributed by atoms with Crippen LogP contribution in [0, 0.1) is 0 Å². The standard InChI is InChI=1S/C23H34N2O7/c1-16(2)25(19-8-7-18(10-11-26)24(15-19)23(28)29)22(27)17-6-9-20(31-4)21(14-17)32-13-5-12-30-3/h6,9,11,14,16,18-19H,5,7-8,10,12-13,15H2,1-4H3,(H,28,29)/t18-,19-/m1/s1. The lowest BCUT2D eigenvalue weighted by Gasteiger charge is -2.43. The number of carbonyl (C=O) groups excluding carboxylic acids is 2. The van der Waals surface area contributed by atoms with E-state index in [1.807, 2.05) is 13.8 Å². The summed E-state index contributed by atoms with van der Waals surface area (Å²) < 4.78 is 16.2. The molecule has 1 saturated heterocycles. The number of carbonyl (C=O) groups is 3. The lowest BCUT2D eigenvalue weighted by molar-refractivity contribution is -0.109. The molecular formula is C23H34N2O7. The molecule has 9 heteroatoms. The Bertz CT molecular complexity index is 784. The molecule has 0 saturated carbocycles. The average Bonchev–Trinajstić information content (AvgIpc) is 2.77. The van der Waals surface area contributed by atoms with Crippen LogP contribution in [-0.2, 0) is 9.53 Å². The van der Waals surface area contributed by atoms with E-state index in [1.165, 1.54) is 12.0 Å². The first-order chi connectivity index (χ1) is 15.3. The van der Waals surface area contributed by atoms with Gasteiger partial charge < -0.3 is 33.9 Å². The molecule has 1 fully saturated rings. The minimum absolute atomic E-state index is 0.140. The van der Waals surface area contributed by atoms with Crippen LogP contribution in [0.3, 0.4) is 0 Å². The zero-order chi connectivity index (χ0) is 23.7. The number of aldehydes is 1. The fourth-order valence-electron chi connectivity index (χ4n) is 4.10. The first kappa shape index (κ1) is 25.5. The molecule has 1 aliphatic heterocycles. The molecule has 2 atom stereocenters. The number of amides is 2. The summed E-state index contributed by atoms with van der Waals surface area (Å²) >= 11 is 0. The van der Waals surface area contributed by atoms with Crippen LogP contribution in [0.4, 0.5) is 4.79 Å². The van der Waals surface area contributed by atoms with E-state index < -0.39 is 6.09 Å². The molecule has 0 unspecified atom stereocenters. The van der Waals surface area contributed by atoms with Crippen LogP contribution in [0.2, 0.25) is 0 Å². The summed E-state index contributed by atoms with van der Waals surface area (Å²) in [7, 11) is 3.16. The van der Waals surface area contributed by atoms with Gasteiger partial charge in [0.05, 0.1) is 19.8 Å². The highest BCUT2D eigenvalue weighted by Crippen LogP contribution is 2.31. The summed E-state index contributed by atoms with van der Waals surface area (Å²) in [5, 5.41) is 9.61. The number of hydrogen-bond donors (Lipinski definition) is 1. The number of nitrogens with zero attached hydrogens (tertiary/aromatic N) is 2. The number of rotatable bonds is 11. The molecule has 9 nitrogen and oxygen atoms in total. The molecule has 1 aliphatic rings. The Kier molecular flexibility index (Phi) is 9.77. The minimum atomic E-state index is -1.08. The number of carboxylic acid groups (broad SMARTS) is 1. The van der Waals surface area contributed by atoms with E-state index in [0.717, 1.165) is 6.29 Å². The third-order valence-corrected chi connectivity index (χ3v) is 5.64. The van der Waals surface area contributed by atoms with Crippen molar-refractivity contribution in [1.82, 2.24) is 9.80 Å². The van der Waals surface area contributed by atoms with E-state index in [2.05, 4.69) is 0 Å². The van der Waals surface area contributed by atoms with E-state index in [9.17, 15) is 19.5 Å². The Hall–Kier alpha value is -2.81. The van der Waals surface area contributed by atoms with Crippen molar-refractivity contribution in [2.75, 3.05) is 34.0 Å². The van der Waals surface area contributed by atoms with Crippen LogP contribution < -0.4 is 9.47 Å². The zero-order valence-corrected chi connectivity index (χ0v) is 19.3. The molecule has 1 N–H and O–H groups in total. The van der Waals surface area contributed by atoms with Crippen molar-refractivity contribution >= 4 is 18.3 Å². The molecule has 1 aromatic carbocycles. The van der Waals surface area contributed by atoms with Gasteiger partial charge in [-0.1, -0.05) is 0 Å². The van der Waals surface area contributed by atoms with Crippen LogP contribution in [0.25, 0.3) is 0 Å². The molecule has 0 radical (unpaired) electrons. The fraction of sp³-hybridized carbons (Fsp3) is 0.609. The first-order valence-corrected chi connectivity index (χ1v) is 10.9. The van der Waals surface area contributed by atoms with Crippen molar-refractivity contribution in [1.29, 1.82) is 0 Å². The summed E-state index contributed by atoms with van der Waals surface area (Å²) in [6.45, 7) is 4.98. The number of methoxy groups -OCH3 is 2. The van der Waals surface area contributed by atoms with Gasteiger partial charge in [0, 0.05) is 50.8 Å². The van der Waals surface area contributed by atoms with E-state index in [0.29, 0.717) is 49.5 Å². The SMILES string of the molecule is COCCCOc1cc(C(=O)N(C(C)C)[C@@H]2CC[C@H](CC=O)N(C(=O)O)C2)ccc1OC. The van der Waals surface area contributed by atoms with Crippen molar-refractivity contribution in [2.24, 2.45) is 0 Å². The van der Waals surface area contributed by atoms with Gasteiger partial charge in [0.1, 0.15) is 6.29 Å². The van der Waals surface area contributed by atoms with Crippen LogP contribution >= 0.6 is 0 Å². The minimum Gasteiger partial charge on any atom is -0.493 e. The molecule has 0 aromatic heterocycles. The molecule has 0 bridgehead atoms. The quantitative estimate of drug-likeness (QED) is 0.408. The molecule has 1 heterocycles. The lowest BCUT2D eigenvalue weighted by Crippen LogP contribution is -2.56. The van der Waals surface area contributed by atoms with Gasteiger partial charge in [-0.05, 0) is 44.9 Å². The summed E-state index contributed by atoms with van der Waals surface area (Å²) in [5.74, 6) is 0.801.